The third-order valence-electron chi connectivity index (χ3n) is 11.6. The molecule has 0 N–H and O–H groups in total. The van der Waals surface area contributed by atoms with Crippen molar-refractivity contribution in [2.75, 3.05) is 0 Å². The van der Waals surface area contributed by atoms with Crippen LogP contribution in [0.25, 0.3) is 0 Å². The van der Waals surface area contributed by atoms with Gasteiger partial charge in [-0.15, -0.1) is 0 Å². The number of halogens is 1. The molecule has 0 radical (unpaired) electrons. The van der Waals surface area contributed by atoms with Gasteiger partial charge in [0.05, 0.1) is 0 Å². The van der Waals surface area contributed by atoms with E-state index in [4.69, 9.17) is 25.1 Å². The molecule has 2 bridgehead atoms. The maximum atomic E-state index is 14.3. The Bertz CT molecular complexity index is 1690. The minimum absolute atomic E-state index is 0.0397. The van der Waals surface area contributed by atoms with Gasteiger partial charge in [-0.2, -0.15) is 0 Å². The van der Waals surface area contributed by atoms with E-state index in [1.54, 1.807) is 30.3 Å². The SMILES string of the molecule is C=C(C)C(=O)OC1CC23C4CC4CC2(C(=O)OI(OC(=O)C24CC5CC2C(OC4=O)C5OC(=O)C(=C)C)c2ccccc2)C(=O)OC13. The zero-order valence-corrected chi connectivity index (χ0v) is 27.9. The number of hydrogen-bond acceptors (Lipinski definition) is 12. The van der Waals surface area contributed by atoms with Gasteiger partial charge in [0, 0.05) is 0 Å². The molecule has 1 spiro atoms. The Labute approximate surface area is 277 Å². The van der Waals surface area contributed by atoms with Crippen molar-refractivity contribution in [3.8, 4) is 0 Å². The topological polar surface area (TPSA) is 158 Å². The molecule has 11 atom stereocenters. The molecule has 7 aliphatic rings. The summed E-state index contributed by atoms with van der Waals surface area (Å²) in [7, 11) is 0. The Hall–Kier alpha value is -3.75. The van der Waals surface area contributed by atoms with Crippen molar-refractivity contribution in [3.05, 3.63) is 58.2 Å². The molecule has 1 aromatic carbocycles. The van der Waals surface area contributed by atoms with Gasteiger partial charge in [0.1, 0.15) is 0 Å². The Balaban J connectivity index is 1.05. The van der Waals surface area contributed by atoms with Crippen LogP contribution in [0.1, 0.15) is 46.0 Å². The third kappa shape index (κ3) is 3.91. The summed E-state index contributed by atoms with van der Waals surface area (Å²) < 4.78 is 35.3. The fourth-order valence-corrected chi connectivity index (χ4v) is 12.5. The standard InChI is InChI=1S/C34H33IO12/c1-15(2)26(36)42-22-14-33-20-10-17(20)13-34(33,30(40)45-25(22)33)31(41)47-35(19-8-6-5-7-9-19)46-29(39)32-12-18-11-21(32)24(44-28(32)38)23(18)43-27(37)16(3)4/h5-9,17-18,20-25H,1,3,10-14H2,2,4H3. The molecule has 11 unspecified atom stereocenters. The summed E-state index contributed by atoms with van der Waals surface area (Å²) in [6.07, 6.45) is -1.12. The molecule has 2 saturated heterocycles. The number of fused-ring (bicyclic) bond motifs is 2. The van der Waals surface area contributed by atoms with Gasteiger partial charge in [0.2, 0.25) is 0 Å². The predicted molar refractivity (Wildman–Crippen MR) is 165 cm³/mol. The van der Waals surface area contributed by atoms with E-state index in [2.05, 4.69) is 13.2 Å². The van der Waals surface area contributed by atoms with Crippen LogP contribution in [0.4, 0.5) is 0 Å². The van der Waals surface area contributed by atoms with Crippen molar-refractivity contribution in [3.63, 3.8) is 0 Å². The van der Waals surface area contributed by atoms with E-state index in [0.29, 0.717) is 9.99 Å². The van der Waals surface area contributed by atoms with Crippen LogP contribution in [0.2, 0.25) is 0 Å². The summed E-state index contributed by atoms with van der Waals surface area (Å²) in [4.78, 5) is 80.0. The minimum atomic E-state index is -3.68. The summed E-state index contributed by atoms with van der Waals surface area (Å²) in [5.41, 5.74) is -3.68. The van der Waals surface area contributed by atoms with E-state index in [9.17, 15) is 28.8 Å². The molecule has 8 rings (SSSR count). The molecule has 0 aromatic heterocycles. The van der Waals surface area contributed by atoms with Crippen LogP contribution in [0.5, 0.6) is 0 Å². The van der Waals surface area contributed by atoms with Gasteiger partial charge >= 0.3 is 279 Å². The van der Waals surface area contributed by atoms with Gasteiger partial charge in [0.15, 0.2) is 0 Å². The number of carbonyl (C=O) groups excluding carboxylic acids is 6. The van der Waals surface area contributed by atoms with Crippen molar-refractivity contribution in [2.24, 2.45) is 39.9 Å². The third-order valence-corrected chi connectivity index (χ3v) is 14.9. The van der Waals surface area contributed by atoms with Gasteiger partial charge in [-0.25, -0.2) is 0 Å². The molecular weight excluding hydrogens is 727 g/mol. The van der Waals surface area contributed by atoms with E-state index in [1.807, 2.05) is 0 Å². The zero-order chi connectivity index (χ0) is 33.2. The van der Waals surface area contributed by atoms with E-state index in [1.165, 1.54) is 13.8 Å². The van der Waals surface area contributed by atoms with E-state index in [-0.39, 0.29) is 48.2 Å². The molecule has 13 heteroatoms. The first-order valence-electron chi connectivity index (χ1n) is 15.7. The molecule has 5 saturated carbocycles. The zero-order valence-electron chi connectivity index (χ0n) is 25.7. The molecule has 2 heterocycles. The van der Waals surface area contributed by atoms with E-state index < -0.39 is 103 Å². The van der Waals surface area contributed by atoms with Crippen molar-refractivity contribution >= 4 is 56.5 Å². The first-order valence-corrected chi connectivity index (χ1v) is 18.5. The van der Waals surface area contributed by atoms with Gasteiger partial charge in [-0.3, -0.25) is 0 Å². The van der Waals surface area contributed by atoms with Crippen molar-refractivity contribution in [1.29, 1.82) is 0 Å². The number of ether oxygens (including phenoxy) is 4. The van der Waals surface area contributed by atoms with Gasteiger partial charge in [-0.05, 0) is 0 Å². The second-order valence-electron chi connectivity index (χ2n) is 14.0. The number of rotatable bonds is 9. The van der Waals surface area contributed by atoms with Crippen molar-refractivity contribution < 1.29 is 53.8 Å². The molecule has 1 aromatic rings. The molecule has 2 aliphatic heterocycles. The monoisotopic (exact) mass is 760 g/mol. The van der Waals surface area contributed by atoms with Crippen molar-refractivity contribution in [2.45, 2.75) is 70.4 Å². The molecule has 248 valence electrons. The second kappa shape index (κ2) is 10.1. The summed E-state index contributed by atoms with van der Waals surface area (Å²) in [5, 5.41) is 0. The quantitative estimate of drug-likeness (QED) is 0.119. The van der Waals surface area contributed by atoms with Crippen LogP contribution < -0.4 is 0 Å². The average Bonchev–Trinajstić information content (AvgIpc) is 3.25. The molecular formula is C34H33IO12. The van der Waals surface area contributed by atoms with Gasteiger partial charge in [-0.1, -0.05) is 0 Å². The number of esters is 4. The van der Waals surface area contributed by atoms with E-state index in [0.717, 1.165) is 6.42 Å². The fraction of sp³-hybridized carbons (Fsp3) is 0.529. The first kappa shape index (κ1) is 30.6. The van der Waals surface area contributed by atoms with Crippen LogP contribution in [0, 0.1) is 43.5 Å². The molecule has 0 amide bonds. The predicted octanol–water partition coefficient (Wildman–Crippen LogP) is 3.55. The molecule has 5 aliphatic carbocycles. The maximum absolute atomic E-state index is 14.3. The Morgan fingerprint density at radius 2 is 1.47 bits per heavy atom. The summed E-state index contributed by atoms with van der Waals surface area (Å²) >= 11 is -3.68. The fourth-order valence-electron chi connectivity index (χ4n) is 9.42. The van der Waals surface area contributed by atoms with Gasteiger partial charge < -0.3 is 0 Å². The van der Waals surface area contributed by atoms with E-state index >= 15 is 0 Å². The molecule has 47 heavy (non-hydrogen) atoms. The Kier molecular flexibility index (Phi) is 6.59. The van der Waals surface area contributed by atoms with Crippen LogP contribution in [-0.4, -0.2) is 60.2 Å². The Morgan fingerprint density at radius 3 is 2.17 bits per heavy atom. The summed E-state index contributed by atoms with van der Waals surface area (Å²) in [6.45, 7) is 10.3. The summed E-state index contributed by atoms with van der Waals surface area (Å²) in [6, 6.07) is 8.56. The van der Waals surface area contributed by atoms with Crippen LogP contribution in [0.15, 0.2) is 54.6 Å². The molecule has 12 nitrogen and oxygen atoms in total. The van der Waals surface area contributed by atoms with Gasteiger partial charge in [0.25, 0.3) is 0 Å². The Morgan fingerprint density at radius 1 is 0.809 bits per heavy atom. The summed E-state index contributed by atoms with van der Waals surface area (Å²) in [5.74, 6) is -5.00. The van der Waals surface area contributed by atoms with Crippen LogP contribution >= 0.6 is 20.6 Å². The second-order valence-corrected chi connectivity index (χ2v) is 17.4. The normalized spacial score (nSPS) is 40.9. The number of carbonyl (C=O) groups is 6. The van der Waals surface area contributed by atoms with Crippen molar-refractivity contribution in [1.82, 2.24) is 0 Å². The molecule has 7 fully saturated rings. The van der Waals surface area contributed by atoms with Crippen LogP contribution in [-0.2, 0) is 53.8 Å². The first-order chi connectivity index (χ1) is 22.3. The number of hydrogen-bond donors (Lipinski definition) is 0. The number of benzene rings is 1. The van der Waals surface area contributed by atoms with Crippen LogP contribution in [0.3, 0.4) is 0 Å². The average molecular weight is 761 g/mol.